The van der Waals surface area contributed by atoms with Gasteiger partial charge in [0.15, 0.2) is 0 Å². The molecule has 0 aliphatic rings. The van der Waals surface area contributed by atoms with Crippen LogP contribution in [0.1, 0.15) is 5.69 Å². The van der Waals surface area contributed by atoms with Gasteiger partial charge in [-0.2, -0.15) is 0 Å². The van der Waals surface area contributed by atoms with Crippen LogP contribution in [0.3, 0.4) is 0 Å². The lowest BCUT2D eigenvalue weighted by Crippen LogP contribution is -1.94. The van der Waals surface area contributed by atoms with Crippen molar-refractivity contribution in [2.24, 2.45) is 0 Å². The maximum atomic E-state index is 5.40. The summed E-state index contributed by atoms with van der Waals surface area (Å²) in [5.41, 5.74) is 6.01. The number of nitrogen functional groups attached to an aromatic ring is 1. The molecule has 74 valence electrons. The molecule has 0 saturated carbocycles. The Balaban J connectivity index is 2.03. The molecule has 2 rings (SSSR count). The molecule has 2 aromatic rings. The maximum Gasteiger partial charge on any atom is 0.146 e. The maximum absolute atomic E-state index is 5.40. The predicted octanol–water partition coefficient (Wildman–Crippen LogP) is 0.307. The second kappa shape index (κ2) is 4.24. The van der Waals surface area contributed by atoms with Crippen LogP contribution < -0.4 is 5.73 Å². The van der Waals surface area contributed by atoms with E-state index in [-0.39, 0.29) is 0 Å². The third-order valence-corrected chi connectivity index (χ3v) is 1.72. The molecule has 5 nitrogen and oxygen atoms in total. The third kappa shape index (κ3) is 2.54. The highest BCUT2D eigenvalue weighted by molar-refractivity contribution is 5.32. The van der Waals surface area contributed by atoms with E-state index in [1.807, 2.05) is 10.8 Å². The molecule has 0 amide bonds. The van der Waals surface area contributed by atoms with Gasteiger partial charge in [0.05, 0.1) is 12.9 Å². The highest BCUT2D eigenvalue weighted by Gasteiger charge is 1.89. The molecule has 0 bridgehead atoms. The van der Waals surface area contributed by atoms with E-state index in [4.69, 9.17) is 5.73 Å². The molecule has 0 unspecified atom stereocenters. The lowest BCUT2D eigenvalue weighted by atomic mass is 10.4. The lowest BCUT2D eigenvalue weighted by molar-refractivity contribution is 0.839. The monoisotopic (exact) mass is 199 g/mol. The highest BCUT2D eigenvalue weighted by atomic mass is 15.1. The average molecular weight is 199 g/mol. The topological polar surface area (TPSA) is 69.6 Å². The molecule has 0 radical (unpaired) electrons. The first kappa shape index (κ1) is 9.21. The molecular formula is C10H9N5. The number of nitrogens with two attached hydrogens (primary N) is 1. The first-order valence-corrected chi connectivity index (χ1v) is 4.38. The molecule has 2 heterocycles. The molecule has 0 spiro atoms. The number of imidazole rings is 1. The Hall–Kier alpha value is -2.35. The van der Waals surface area contributed by atoms with Gasteiger partial charge in [-0.15, -0.1) is 10.2 Å². The summed E-state index contributed by atoms with van der Waals surface area (Å²) in [4.78, 5) is 3.91. The van der Waals surface area contributed by atoms with Crippen LogP contribution >= 0.6 is 0 Å². The van der Waals surface area contributed by atoms with Crippen molar-refractivity contribution in [2.75, 3.05) is 5.73 Å². The van der Waals surface area contributed by atoms with Gasteiger partial charge in [-0.3, -0.25) is 0 Å². The van der Waals surface area contributed by atoms with E-state index in [0.717, 1.165) is 0 Å². The van der Waals surface area contributed by atoms with E-state index in [1.54, 1.807) is 24.7 Å². The summed E-state index contributed by atoms with van der Waals surface area (Å²) in [7, 11) is 0. The smallest absolute Gasteiger partial charge is 0.146 e. The fourth-order valence-electron chi connectivity index (χ4n) is 1.01. The number of anilines is 1. The summed E-state index contributed by atoms with van der Waals surface area (Å²) in [6, 6.07) is 3.41. The van der Waals surface area contributed by atoms with Crippen LogP contribution in [0.4, 0.5) is 5.82 Å². The number of hydrogen-bond acceptors (Lipinski definition) is 4. The Morgan fingerprint density at radius 3 is 2.93 bits per heavy atom. The molecule has 15 heavy (non-hydrogen) atoms. The van der Waals surface area contributed by atoms with E-state index in [1.165, 1.54) is 0 Å². The molecular weight excluding hydrogens is 190 g/mol. The largest absolute Gasteiger partial charge is 0.382 e. The fraction of sp³-hybridized carbons (Fsp3) is 0.100. The van der Waals surface area contributed by atoms with E-state index in [0.29, 0.717) is 18.1 Å². The normalized spacial score (nSPS) is 9.33. The van der Waals surface area contributed by atoms with Gasteiger partial charge in [0.1, 0.15) is 11.5 Å². The van der Waals surface area contributed by atoms with E-state index in [2.05, 4.69) is 27.0 Å². The zero-order chi connectivity index (χ0) is 10.5. The Labute approximate surface area is 87.0 Å². The van der Waals surface area contributed by atoms with Gasteiger partial charge in [-0.05, 0) is 18.1 Å². The van der Waals surface area contributed by atoms with Gasteiger partial charge in [-0.1, -0.05) is 5.92 Å². The van der Waals surface area contributed by atoms with Crippen molar-refractivity contribution in [1.82, 2.24) is 19.7 Å². The first-order chi connectivity index (χ1) is 7.34. The van der Waals surface area contributed by atoms with Gasteiger partial charge in [0, 0.05) is 12.4 Å². The van der Waals surface area contributed by atoms with Crippen molar-refractivity contribution in [3.8, 4) is 11.8 Å². The quantitative estimate of drug-likeness (QED) is 0.671. The van der Waals surface area contributed by atoms with Gasteiger partial charge < -0.3 is 10.3 Å². The van der Waals surface area contributed by atoms with Crippen molar-refractivity contribution in [1.29, 1.82) is 0 Å². The molecule has 2 aromatic heterocycles. The Kier molecular flexibility index (Phi) is 2.61. The number of hydrogen-bond donors (Lipinski definition) is 1. The van der Waals surface area contributed by atoms with Gasteiger partial charge >= 0.3 is 0 Å². The molecule has 0 saturated heterocycles. The summed E-state index contributed by atoms with van der Waals surface area (Å²) in [5, 5.41) is 7.52. The van der Waals surface area contributed by atoms with Crippen LogP contribution in [0.2, 0.25) is 0 Å². The molecule has 0 fully saturated rings. The van der Waals surface area contributed by atoms with Crippen molar-refractivity contribution in [3.05, 3.63) is 36.5 Å². The van der Waals surface area contributed by atoms with Crippen molar-refractivity contribution in [3.63, 3.8) is 0 Å². The number of aromatic nitrogens is 4. The number of nitrogens with zero attached hydrogens (tertiary/aromatic N) is 4. The van der Waals surface area contributed by atoms with Crippen LogP contribution in [-0.2, 0) is 6.54 Å². The third-order valence-electron chi connectivity index (χ3n) is 1.72. The van der Waals surface area contributed by atoms with Crippen LogP contribution in [0.25, 0.3) is 0 Å². The van der Waals surface area contributed by atoms with Crippen LogP contribution in [0, 0.1) is 11.8 Å². The van der Waals surface area contributed by atoms with E-state index in [9.17, 15) is 0 Å². The molecule has 0 aliphatic heterocycles. The fourth-order valence-corrected chi connectivity index (χ4v) is 1.01. The number of rotatable bonds is 1. The second-order valence-corrected chi connectivity index (χ2v) is 2.88. The van der Waals surface area contributed by atoms with Crippen LogP contribution in [-0.4, -0.2) is 19.7 Å². The average Bonchev–Trinajstić information content (AvgIpc) is 2.74. The van der Waals surface area contributed by atoms with E-state index >= 15 is 0 Å². The molecule has 0 aliphatic carbocycles. The Morgan fingerprint density at radius 1 is 1.33 bits per heavy atom. The molecule has 2 N–H and O–H groups in total. The predicted molar refractivity (Wildman–Crippen MR) is 55.5 cm³/mol. The highest BCUT2D eigenvalue weighted by Crippen LogP contribution is 1.94. The molecule has 0 aromatic carbocycles. The van der Waals surface area contributed by atoms with Crippen molar-refractivity contribution in [2.45, 2.75) is 6.54 Å². The Morgan fingerprint density at radius 2 is 2.27 bits per heavy atom. The minimum absolute atomic E-state index is 0.398. The van der Waals surface area contributed by atoms with Crippen LogP contribution in [0.15, 0.2) is 30.9 Å². The van der Waals surface area contributed by atoms with Crippen LogP contribution in [0.5, 0.6) is 0 Å². The lowest BCUT2D eigenvalue weighted by Gasteiger charge is -1.91. The minimum atomic E-state index is 0.398. The summed E-state index contributed by atoms with van der Waals surface area (Å²) in [5.74, 6) is 6.23. The van der Waals surface area contributed by atoms with Crippen molar-refractivity contribution >= 4 is 5.82 Å². The molecule has 0 atom stereocenters. The minimum Gasteiger partial charge on any atom is -0.382 e. The summed E-state index contributed by atoms with van der Waals surface area (Å²) < 4.78 is 1.87. The zero-order valence-corrected chi connectivity index (χ0v) is 7.96. The SMILES string of the molecule is Nc1ccc(C#CCn2ccnc2)nn1. The standard InChI is InChI=1S/C10H9N5/c11-10-4-3-9(13-14-10)2-1-6-15-7-5-12-8-15/h3-5,7-8H,6H2,(H2,11,14). The zero-order valence-electron chi connectivity index (χ0n) is 7.96. The summed E-state index contributed by atoms with van der Waals surface area (Å²) in [6.07, 6.45) is 5.28. The van der Waals surface area contributed by atoms with Gasteiger partial charge in [-0.25, -0.2) is 4.98 Å². The van der Waals surface area contributed by atoms with Gasteiger partial charge in [0.2, 0.25) is 0 Å². The van der Waals surface area contributed by atoms with Crippen molar-refractivity contribution < 1.29 is 0 Å². The summed E-state index contributed by atoms with van der Waals surface area (Å²) in [6.45, 7) is 0.589. The van der Waals surface area contributed by atoms with E-state index < -0.39 is 0 Å². The van der Waals surface area contributed by atoms with Gasteiger partial charge in [0.25, 0.3) is 0 Å². The summed E-state index contributed by atoms with van der Waals surface area (Å²) >= 11 is 0. The molecule has 5 heteroatoms. The second-order valence-electron chi connectivity index (χ2n) is 2.88. The Bertz CT molecular complexity index is 475. The first-order valence-electron chi connectivity index (χ1n) is 4.38.